The van der Waals surface area contributed by atoms with Crippen LogP contribution in [-0.2, 0) is 4.79 Å². The number of hydrogen-bond acceptors (Lipinski definition) is 7. The third-order valence-electron chi connectivity index (χ3n) is 4.89. The predicted molar refractivity (Wildman–Crippen MR) is 109 cm³/mol. The lowest BCUT2D eigenvalue weighted by molar-refractivity contribution is -0.115. The molecular formula is C19H19N3O3S2. The number of para-hydroxylation sites is 1. The van der Waals surface area contributed by atoms with Gasteiger partial charge in [0.1, 0.15) is 10.8 Å². The quantitative estimate of drug-likeness (QED) is 0.669. The van der Waals surface area contributed by atoms with Crippen molar-refractivity contribution in [3.63, 3.8) is 0 Å². The number of aliphatic hydroxyl groups is 1. The molecular weight excluding hydrogens is 382 g/mol. The molecule has 1 saturated heterocycles. The minimum Gasteiger partial charge on any atom is -0.507 e. The van der Waals surface area contributed by atoms with Crippen molar-refractivity contribution >= 4 is 40.2 Å². The fourth-order valence-electron chi connectivity index (χ4n) is 3.05. The van der Waals surface area contributed by atoms with E-state index < -0.39 is 0 Å². The normalized spacial score (nSPS) is 21.4. The molecule has 8 heteroatoms. The van der Waals surface area contributed by atoms with Crippen LogP contribution < -0.4 is 5.32 Å². The summed E-state index contributed by atoms with van der Waals surface area (Å²) in [7, 11) is 0. The summed E-state index contributed by atoms with van der Waals surface area (Å²) in [6, 6.07) is 7.04. The average Bonchev–Trinajstić information content (AvgIpc) is 3.22. The SMILES string of the molecule is O=C1NC(=NCC2(CO)CCC2)SC1=Cc1csc(-c2ccccc2O)n1. The van der Waals surface area contributed by atoms with Gasteiger partial charge in [-0.05, 0) is 42.8 Å². The molecule has 140 valence electrons. The van der Waals surface area contributed by atoms with E-state index >= 15 is 0 Å². The van der Waals surface area contributed by atoms with E-state index in [0.29, 0.717) is 32.9 Å². The topological polar surface area (TPSA) is 94.8 Å². The van der Waals surface area contributed by atoms with Gasteiger partial charge in [-0.1, -0.05) is 18.6 Å². The number of nitrogens with one attached hydrogen (secondary N) is 1. The van der Waals surface area contributed by atoms with Crippen LogP contribution in [0.1, 0.15) is 25.0 Å². The summed E-state index contributed by atoms with van der Waals surface area (Å²) < 4.78 is 0. The number of carbonyl (C=O) groups excluding carboxylic acids is 1. The van der Waals surface area contributed by atoms with Gasteiger partial charge >= 0.3 is 0 Å². The van der Waals surface area contributed by atoms with Crippen LogP contribution in [0.15, 0.2) is 39.5 Å². The molecule has 2 heterocycles. The molecule has 2 fully saturated rings. The van der Waals surface area contributed by atoms with E-state index in [9.17, 15) is 15.0 Å². The van der Waals surface area contributed by atoms with Crippen molar-refractivity contribution in [1.29, 1.82) is 0 Å². The maximum atomic E-state index is 12.2. The van der Waals surface area contributed by atoms with Gasteiger partial charge < -0.3 is 15.5 Å². The molecule has 1 aromatic carbocycles. The van der Waals surface area contributed by atoms with Crippen LogP contribution in [0.2, 0.25) is 0 Å². The summed E-state index contributed by atoms with van der Waals surface area (Å²) in [6.45, 7) is 0.673. The van der Waals surface area contributed by atoms with Crippen LogP contribution in [0.4, 0.5) is 0 Å². The van der Waals surface area contributed by atoms with Crippen LogP contribution in [0.5, 0.6) is 5.75 Å². The second-order valence-corrected chi connectivity index (χ2v) is 8.68. The van der Waals surface area contributed by atoms with E-state index in [0.717, 1.165) is 19.3 Å². The smallest absolute Gasteiger partial charge is 0.264 e. The van der Waals surface area contributed by atoms with Gasteiger partial charge in [-0.15, -0.1) is 11.3 Å². The van der Waals surface area contributed by atoms with Gasteiger partial charge in [0.2, 0.25) is 0 Å². The molecule has 2 aromatic rings. The number of hydrogen-bond donors (Lipinski definition) is 3. The number of thiazole rings is 1. The van der Waals surface area contributed by atoms with Crippen molar-refractivity contribution in [3.05, 3.63) is 40.2 Å². The van der Waals surface area contributed by atoms with Gasteiger partial charge in [-0.3, -0.25) is 9.79 Å². The van der Waals surface area contributed by atoms with E-state index in [2.05, 4.69) is 15.3 Å². The van der Waals surface area contributed by atoms with Crippen molar-refractivity contribution < 1.29 is 15.0 Å². The standard InChI is InChI=1S/C19H19N3O3S2/c23-11-19(6-3-7-19)10-20-18-22-16(25)15(27-18)8-12-9-26-17(21-12)13-4-1-2-5-14(13)24/h1-2,4-5,8-9,23-24H,3,6-7,10-11H2,(H,20,22,25). The highest BCUT2D eigenvalue weighted by Crippen LogP contribution is 2.41. The Hall–Kier alpha value is -2.16. The molecule has 0 bridgehead atoms. The average molecular weight is 402 g/mol. The van der Waals surface area contributed by atoms with Crippen LogP contribution in [0.25, 0.3) is 16.6 Å². The summed E-state index contributed by atoms with van der Waals surface area (Å²) in [5.74, 6) is -0.00946. The van der Waals surface area contributed by atoms with E-state index in [1.54, 1.807) is 18.2 Å². The highest BCUT2D eigenvalue weighted by molar-refractivity contribution is 8.18. The first-order valence-corrected chi connectivity index (χ1v) is 10.4. The Morgan fingerprint density at radius 2 is 2.15 bits per heavy atom. The number of aliphatic imine (C=N–C) groups is 1. The largest absolute Gasteiger partial charge is 0.507 e. The summed E-state index contributed by atoms with van der Waals surface area (Å²) in [5.41, 5.74) is 1.24. The number of aliphatic hydroxyl groups excluding tert-OH is 1. The maximum absolute atomic E-state index is 12.2. The lowest BCUT2D eigenvalue weighted by Gasteiger charge is -2.38. The minimum atomic E-state index is -0.192. The zero-order chi connectivity index (χ0) is 18.9. The minimum absolute atomic E-state index is 0.105. The Kier molecular flexibility index (Phi) is 5.03. The molecule has 4 rings (SSSR count). The number of aromatic hydroxyl groups is 1. The first-order valence-electron chi connectivity index (χ1n) is 8.69. The summed E-state index contributed by atoms with van der Waals surface area (Å²) in [6.07, 6.45) is 4.82. The highest BCUT2D eigenvalue weighted by atomic mass is 32.2. The van der Waals surface area contributed by atoms with Gasteiger partial charge in [0.05, 0.1) is 22.8 Å². The lowest BCUT2D eigenvalue weighted by Crippen LogP contribution is -2.37. The van der Waals surface area contributed by atoms with Crippen molar-refractivity contribution in [2.75, 3.05) is 13.2 Å². The third-order valence-corrected chi connectivity index (χ3v) is 6.74. The number of phenolic OH excluding ortho intramolecular Hbond substituents is 1. The van der Waals surface area contributed by atoms with E-state index in [4.69, 9.17) is 0 Å². The summed E-state index contributed by atoms with van der Waals surface area (Å²) in [5, 5.41) is 25.4. The number of phenols is 1. The Balaban J connectivity index is 1.48. The highest BCUT2D eigenvalue weighted by Gasteiger charge is 2.36. The van der Waals surface area contributed by atoms with Crippen molar-refractivity contribution in [2.24, 2.45) is 10.4 Å². The summed E-state index contributed by atoms with van der Waals surface area (Å²) in [4.78, 5) is 21.7. The van der Waals surface area contributed by atoms with E-state index in [1.807, 2.05) is 17.5 Å². The Morgan fingerprint density at radius 3 is 2.85 bits per heavy atom. The number of nitrogens with zero attached hydrogens (tertiary/aromatic N) is 2. The van der Waals surface area contributed by atoms with Crippen molar-refractivity contribution in [3.8, 4) is 16.3 Å². The monoisotopic (exact) mass is 401 g/mol. The molecule has 1 aliphatic heterocycles. The number of amides is 1. The van der Waals surface area contributed by atoms with Gasteiger partial charge in [0, 0.05) is 17.3 Å². The molecule has 0 atom stereocenters. The molecule has 2 aliphatic rings. The molecule has 1 amide bonds. The Labute approximate surface area is 165 Å². The van der Waals surface area contributed by atoms with Crippen LogP contribution in [0.3, 0.4) is 0 Å². The maximum Gasteiger partial charge on any atom is 0.264 e. The third kappa shape index (κ3) is 3.78. The van der Waals surface area contributed by atoms with Crippen LogP contribution in [0, 0.1) is 5.41 Å². The van der Waals surface area contributed by atoms with E-state index in [1.165, 1.54) is 23.1 Å². The molecule has 1 aromatic heterocycles. The molecule has 3 N–H and O–H groups in total. The zero-order valence-electron chi connectivity index (χ0n) is 14.5. The molecule has 1 saturated carbocycles. The molecule has 0 radical (unpaired) electrons. The number of benzene rings is 1. The first-order chi connectivity index (χ1) is 13.1. The fourth-order valence-corrected chi connectivity index (χ4v) is 4.66. The Morgan fingerprint density at radius 1 is 1.33 bits per heavy atom. The number of aromatic nitrogens is 1. The lowest BCUT2D eigenvalue weighted by atomic mass is 9.69. The fraction of sp³-hybridized carbons (Fsp3) is 0.316. The molecule has 0 spiro atoms. The van der Waals surface area contributed by atoms with Crippen molar-refractivity contribution in [1.82, 2.24) is 10.3 Å². The van der Waals surface area contributed by atoms with Gasteiger partial charge in [0.25, 0.3) is 5.91 Å². The number of carbonyl (C=O) groups is 1. The van der Waals surface area contributed by atoms with Crippen LogP contribution in [-0.4, -0.2) is 39.4 Å². The first kappa shape index (κ1) is 18.2. The van der Waals surface area contributed by atoms with E-state index in [-0.39, 0.29) is 23.7 Å². The summed E-state index contributed by atoms with van der Waals surface area (Å²) >= 11 is 2.71. The second-order valence-electron chi connectivity index (χ2n) is 6.79. The Bertz CT molecular complexity index is 926. The van der Waals surface area contributed by atoms with Crippen molar-refractivity contribution in [2.45, 2.75) is 19.3 Å². The van der Waals surface area contributed by atoms with Crippen LogP contribution >= 0.6 is 23.1 Å². The number of amidine groups is 1. The number of thioether (sulfide) groups is 1. The van der Waals surface area contributed by atoms with Gasteiger partial charge in [-0.25, -0.2) is 4.98 Å². The number of rotatable bonds is 5. The molecule has 1 aliphatic carbocycles. The molecule has 27 heavy (non-hydrogen) atoms. The van der Waals surface area contributed by atoms with Gasteiger partial charge in [-0.2, -0.15) is 0 Å². The zero-order valence-corrected chi connectivity index (χ0v) is 16.1. The second kappa shape index (κ2) is 7.46. The molecule has 6 nitrogen and oxygen atoms in total. The molecule has 0 unspecified atom stereocenters. The predicted octanol–water partition coefficient (Wildman–Crippen LogP) is 3.24. The van der Waals surface area contributed by atoms with Gasteiger partial charge in [0.15, 0.2) is 5.17 Å².